The Labute approximate surface area is 146 Å². The van der Waals surface area contributed by atoms with Crippen LogP contribution in [0.2, 0.25) is 0 Å². The van der Waals surface area contributed by atoms with Crippen LogP contribution in [-0.4, -0.2) is 14.2 Å². The molecule has 2 aromatic carbocycles. The van der Waals surface area contributed by atoms with Crippen molar-refractivity contribution in [2.75, 3.05) is 14.2 Å². The van der Waals surface area contributed by atoms with Crippen molar-refractivity contribution in [1.29, 1.82) is 0 Å². The molecule has 0 aliphatic carbocycles. The van der Waals surface area contributed by atoms with Gasteiger partial charge in [-0.2, -0.15) is 0 Å². The van der Waals surface area contributed by atoms with Gasteiger partial charge in [0.25, 0.3) is 0 Å². The van der Waals surface area contributed by atoms with Crippen LogP contribution in [0.5, 0.6) is 11.5 Å². The SMILES string of the molecule is CCc1cc(-c2cc(CC)c(OC)c(CC)c2)cc(CC)c1OC. The van der Waals surface area contributed by atoms with Gasteiger partial charge < -0.3 is 9.47 Å². The largest absolute Gasteiger partial charge is 0.496 e. The third kappa shape index (κ3) is 3.43. The molecule has 130 valence electrons. The minimum Gasteiger partial charge on any atom is -0.496 e. The molecular weight excluding hydrogens is 296 g/mol. The fraction of sp³-hybridized carbons (Fsp3) is 0.455. The van der Waals surface area contributed by atoms with Gasteiger partial charge in [0.2, 0.25) is 0 Å². The monoisotopic (exact) mass is 326 g/mol. The molecule has 0 saturated carbocycles. The van der Waals surface area contributed by atoms with Crippen molar-refractivity contribution < 1.29 is 9.47 Å². The van der Waals surface area contributed by atoms with E-state index in [0.717, 1.165) is 37.2 Å². The lowest BCUT2D eigenvalue weighted by molar-refractivity contribution is 0.405. The van der Waals surface area contributed by atoms with Crippen LogP contribution in [0, 0.1) is 0 Å². The second-order valence-electron chi connectivity index (χ2n) is 6.07. The lowest BCUT2D eigenvalue weighted by Gasteiger charge is -2.18. The zero-order valence-electron chi connectivity index (χ0n) is 16.0. The molecule has 0 aliphatic heterocycles. The van der Waals surface area contributed by atoms with Crippen molar-refractivity contribution in [1.82, 2.24) is 0 Å². The summed E-state index contributed by atoms with van der Waals surface area (Å²) in [5, 5.41) is 0. The van der Waals surface area contributed by atoms with Crippen molar-refractivity contribution in [2.24, 2.45) is 0 Å². The van der Waals surface area contributed by atoms with Crippen LogP contribution in [0.25, 0.3) is 11.1 Å². The Morgan fingerprint density at radius 1 is 0.542 bits per heavy atom. The molecule has 0 aliphatic rings. The lowest BCUT2D eigenvalue weighted by atomic mass is 9.92. The van der Waals surface area contributed by atoms with Crippen LogP contribution in [0.3, 0.4) is 0 Å². The van der Waals surface area contributed by atoms with Gasteiger partial charge in [-0.05, 0) is 83.3 Å². The molecule has 2 nitrogen and oxygen atoms in total. The standard InChI is InChI=1S/C22H30O2/c1-7-15-11-19(12-16(8-2)21(15)23-5)20-13-17(9-3)22(24-6)18(10-4)14-20/h11-14H,7-10H2,1-6H3. The smallest absolute Gasteiger partial charge is 0.125 e. The minimum atomic E-state index is 0.974. The highest BCUT2D eigenvalue weighted by molar-refractivity contribution is 5.71. The number of ether oxygens (including phenoxy) is 2. The Morgan fingerprint density at radius 2 is 0.792 bits per heavy atom. The number of hydrogen-bond donors (Lipinski definition) is 0. The van der Waals surface area contributed by atoms with Crippen LogP contribution in [0.15, 0.2) is 24.3 Å². The summed E-state index contributed by atoms with van der Waals surface area (Å²) < 4.78 is 11.3. The first kappa shape index (κ1) is 18.4. The topological polar surface area (TPSA) is 18.5 Å². The normalized spacial score (nSPS) is 10.8. The first-order valence-electron chi connectivity index (χ1n) is 9.03. The van der Waals surface area contributed by atoms with Gasteiger partial charge in [-0.25, -0.2) is 0 Å². The Balaban J connectivity index is 2.67. The van der Waals surface area contributed by atoms with Crippen molar-refractivity contribution >= 4 is 0 Å². The first-order chi connectivity index (χ1) is 11.6. The molecule has 0 bridgehead atoms. The van der Waals surface area contributed by atoms with Gasteiger partial charge in [0, 0.05) is 0 Å². The van der Waals surface area contributed by atoms with E-state index in [1.54, 1.807) is 14.2 Å². The Hall–Kier alpha value is -1.96. The fourth-order valence-corrected chi connectivity index (χ4v) is 3.42. The van der Waals surface area contributed by atoms with Crippen LogP contribution >= 0.6 is 0 Å². The van der Waals surface area contributed by atoms with Crippen molar-refractivity contribution in [2.45, 2.75) is 53.4 Å². The molecule has 0 N–H and O–H groups in total. The zero-order valence-corrected chi connectivity index (χ0v) is 16.0. The molecule has 0 heterocycles. The van der Waals surface area contributed by atoms with E-state index in [-0.39, 0.29) is 0 Å². The van der Waals surface area contributed by atoms with E-state index >= 15 is 0 Å². The summed E-state index contributed by atoms with van der Waals surface area (Å²) >= 11 is 0. The summed E-state index contributed by atoms with van der Waals surface area (Å²) in [5.41, 5.74) is 7.66. The van der Waals surface area contributed by atoms with Gasteiger partial charge in [-0.3, -0.25) is 0 Å². The zero-order chi connectivity index (χ0) is 17.7. The molecule has 0 saturated heterocycles. The molecule has 0 spiro atoms. The van der Waals surface area contributed by atoms with Gasteiger partial charge in [0.05, 0.1) is 14.2 Å². The number of hydrogen-bond acceptors (Lipinski definition) is 2. The summed E-state index contributed by atoms with van der Waals surface area (Å²) in [4.78, 5) is 0. The molecule has 2 heteroatoms. The Morgan fingerprint density at radius 3 is 0.958 bits per heavy atom. The molecule has 0 aromatic heterocycles. The molecule has 2 aromatic rings. The summed E-state index contributed by atoms with van der Waals surface area (Å²) in [5.74, 6) is 2.09. The van der Waals surface area contributed by atoms with Crippen LogP contribution in [0.1, 0.15) is 49.9 Å². The highest BCUT2D eigenvalue weighted by Crippen LogP contribution is 2.35. The van der Waals surface area contributed by atoms with Gasteiger partial charge in [0.1, 0.15) is 11.5 Å². The average molecular weight is 326 g/mol. The molecule has 0 radical (unpaired) electrons. The van der Waals surface area contributed by atoms with Crippen LogP contribution in [-0.2, 0) is 25.7 Å². The second kappa shape index (κ2) is 8.23. The maximum atomic E-state index is 5.66. The maximum absolute atomic E-state index is 5.66. The third-order valence-corrected chi connectivity index (χ3v) is 4.75. The number of rotatable bonds is 7. The molecule has 0 fully saturated rings. The molecular formula is C22H30O2. The highest BCUT2D eigenvalue weighted by Gasteiger charge is 2.14. The van der Waals surface area contributed by atoms with E-state index in [1.807, 2.05) is 0 Å². The van der Waals surface area contributed by atoms with E-state index < -0.39 is 0 Å². The summed E-state index contributed by atoms with van der Waals surface area (Å²) in [7, 11) is 3.54. The van der Waals surface area contributed by atoms with E-state index in [2.05, 4.69) is 52.0 Å². The lowest BCUT2D eigenvalue weighted by Crippen LogP contribution is -2.00. The molecule has 2 rings (SSSR count). The van der Waals surface area contributed by atoms with E-state index in [1.165, 1.54) is 33.4 Å². The van der Waals surface area contributed by atoms with Crippen molar-refractivity contribution in [3.8, 4) is 22.6 Å². The first-order valence-corrected chi connectivity index (χ1v) is 9.03. The third-order valence-electron chi connectivity index (χ3n) is 4.75. The van der Waals surface area contributed by atoms with Crippen LogP contribution < -0.4 is 9.47 Å². The van der Waals surface area contributed by atoms with Crippen LogP contribution in [0.4, 0.5) is 0 Å². The minimum absolute atomic E-state index is 0.974. The van der Waals surface area contributed by atoms with E-state index in [0.29, 0.717) is 0 Å². The van der Waals surface area contributed by atoms with Gasteiger partial charge >= 0.3 is 0 Å². The molecule has 24 heavy (non-hydrogen) atoms. The molecule has 0 amide bonds. The second-order valence-corrected chi connectivity index (χ2v) is 6.07. The number of benzene rings is 2. The Bertz CT molecular complexity index is 590. The van der Waals surface area contributed by atoms with Crippen molar-refractivity contribution in [3.05, 3.63) is 46.5 Å². The summed E-state index contributed by atoms with van der Waals surface area (Å²) in [6.45, 7) is 8.74. The summed E-state index contributed by atoms with van der Waals surface area (Å²) in [6, 6.07) is 9.11. The maximum Gasteiger partial charge on any atom is 0.125 e. The predicted molar refractivity (Wildman–Crippen MR) is 102 cm³/mol. The fourth-order valence-electron chi connectivity index (χ4n) is 3.42. The Kier molecular flexibility index (Phi) is 6.30. The van der Waals surface area contributed by atoms with Crippen molar-refractivity contribution in [3.63, 3.8) is 0 Å². The summed E-state index contributed by atoms with van der Waals surface area (Å²) in [6.07, 6.45) is 3.89. The number of methoxy groups -OCH3 is 2. The average Bonchev–Trinajstić information content (AvgIpc) is 2.65. The van der Waals surface area contributed by atoms with E-state index in [4.69, 9.17) is 9.47 Å². The molecule has 0 atom stereocenters. The number of aryl methyl sites for hydroxylation is 4. The molecule has 0 unspecified atom stereocenters. The highest BCUT2D eigenvalue weighted by atomic mass is 16.5. The van der Waals surface area contributed by atoms with E-state index in [9.17, 15) is 0 Å². The predicted octanol–water partition coefficient (Wildman–Crippen LogP) is 5.62. The van der Waals surface area contributed by atoms with Gasteiger partial charge in [0.15, 0.2) is 0 Å². The quantitative estimate of drug-likeness (QED) is 0.657. The van der Waals surface area contributed by atoms with Gasteiger partial charge in [-0.1, -0.05) is 27.7 Å². The van der Waals surface area contributed by atoms with Gasteiger partial charge in [-0.15, -0.1) is 0 Å².